The van der Waals surface area contributed by atoms with Gasteiger partial charge in [-0.15, -0.1) is 0 Å². The minimum absolute atomic E-state index is 0.0720. The van der Waals surface area contributed by atoms with E-state index in [9.17, 15) is 4.79 Å². The quantitative estimate of drug-likeness (QED) is 0.795. The Bertz CT molecular complexity index is 647. The Morgan fingerprint density at radius 1 is 1.19 bits per heavy atom. The molecule has 110 valence electrons. The Morgan fingerprint density at radius 3 is 2.67 bits per heavy atom. The first kappa shape index (κ1) is 15.9. The molecule has 2 aromatic rings. The lowest BCUT2D eigenvalue weighted by Crippen LogP contribution is -2.20. The third-order valence-electron chi connectivity index (χ3n) is 2.61. The zero-order valence-corrected chi connectivity index (χ0v) is 14.4. The molecule has 6 heteroatoms. The van der Waals surface area contributed by atoms with Gasteiger partial charge in [0.15, 0.2) is 6.61 Å². The van der Waals surface area contributed by atoms with E-state index < -0.39 is 0 Å². The Hall–Kier alpha value is -1.53. The number of hydrogen-bond donors (Lipinski definition) is 1. The summed E-state index contributed by atoms with van der Waals surface area (Å²) in [6.07, 6.45) is 0. The van der Waals surface area contributed by atoms with Crippen molar-refractivity contribution < 1.29 is 14.3 Å². The molecule has 2 rings (SSSR count). The molecular formula is C15H13Br2NO3. The number of carbonyl (C=O) groups is 1. The van der Waals surface area contributed by atoms with Gasteiger partial charge in [-0.25, -0.2) is 0 Å². The number of ether oxygens (including phenoxy) is 2. The molecule has 0 fully saturated rings. The van der Waals surface area contributed by atoms with E-state index in [1.54, 1.807) is 25.3 Å². The summed E-state index contributed by atoms with van der Waals surface area (Å²) in [4.78, 5) is 11.8. The fourth-order valence-electron chi connectivity index (χ4n) is 1.63. The first-order valence-electron chi connectivity index (χ1n) is 6.10. The van der Waals surface area contributed by atoms with Crippen LogP contribution in [0.4, 0.5) is 5.69 Å². The Kier molecular flexibility index (Phi) is 5.64. The van der Waals surface area contributed by atoms with Crippen LogP contribution >= 0.6 is 31.9 Å². The molecule has 0 unspecified atom stereocenters. The maximum Gasteiger partial charge on any atom is 0.262 e. The number of amides is 1. The summed E-state index contributed by atoms with van der Waals surface area (Å²) in [6.45, 7) is -0.0720. The van der Waals surface area contributed by atoms with Crippen molar-refractivity contribution in [2.75, 3.05) is 19.0 Å². The molecule has 0 atom stereocenters. The molecule has 0 radical (unpaired) electrons. The van der Waals surface area contributed by atoms with Gasteiger partial charge in [0.1, 0.15) is 11.5 Å². The molecule has 2 aromatic carbocycles. The highest BCUT2D eigenvalue weighted by atomic mass is 79.9. The number of halogens is 2. The van der Waals surface area contributed by atoms with Crippen LogP contribution in [0.25, 0.3) is 0 Å². The standard InChI is InChI=1S/C15H13Br2NO3/c1-20-12-5-6-14(13(17)8-12)21-9-15(19)18-11-4-2-3-10(16)7-11/h2-8H,9H2,1H3,(H,18,19). The Labute approximate surface area is 139 Å². The monoisotopic (exact) mass is 413 g/mol. The van der Waals surface area contributed by atoms with E-state index in [0.29, 0.717) is 17.2 Å². The molecule has 0 spiro atoms. The lowest BCUT2D eigenvalue weighted by molar-refractivity contribution is -0.118. The van der Waals surface area contributed by atoms with E-state index in [0.717, 1.165) is 8.95 Å². The molecule has 0 aliphatic carbocycles. The summed E-state index contributed by atoms with van der Waals surface area (Å²) >= 11 is 6.72. The van der Waals surface area contributed by atoms with Gasteiger partial charge in [-0.05, 0) is 52.3 Å². The molecule has 0 aliphatic rings. The number of rotatable bonds is 5. The van der Waals surface area contributed by atoms with Crippen LogP contribution in [0.5, 0.6) is 11.5 Å². The summed E-state index contributed by atoms with van der Waals surface area (Å²) in [5.41, 5.74) is 0.715. The molecular weight excluding hydrogens is 402 g/mol. The fraction of sp³-hybridized carbons (Fsp3) is 0.133. The molecule has 0 saturated carbocycles. The second-order valence-corrected chi connectivity index (χ2v) is 5.91. The van der Waals surface area contributed by atoms with Gasteiger partial charge in [0.25, 0.3) is 5.91 Å². The van der Waals surface area contributed by atoms with Gasteiger partial charge in [0.2, 0.25) is 0 Å². The summed E-state index contributed by atoms with van der Waals surface area (Å²) in [5, 5.41) is 2.76. The van der Waals surface area contributed by atoms with Gasteiger partial charge in [-0.1, -0.05) is 22.0 Å². The minimum atomic E-state index is -0.226. The van der Waals surface area contributed by atoms with Crippen LogP contribution in [0, 0.1) is 0 Å². The Morgan fingerprint density at radius 2 is 2.00 bits per heavy atom. The number of carbonyl (C=O) groups excluding carboxylic acids is 1. The average molecular weight is 415 g/mol. The van der Waals surface area contributed by atoms with E-state index in [4.69, 9.17) is 9.47 Å². The van der Waals surface area contributed by atoms with E-state index in [1.807, 2.05) is 24.3 Å². The normalized spacial score (nSPS) is 10.0. The van der Waals surface area contributed by atoms with Gasteiger partial charge in [-0.2, -0.15) is 0 Å². The van der Waals surface area contributed by atoms with Crippen molar-refractivity contribution in [2.45, 2.75) is 0 Å². The highest BCUT2D eigenvalue weighted by Crippen LogP contribution is 2.29. The maximum absolute atomic E-state index is 11.8. The second-order valence-electron chi connectivity index (χ2n) is 4.14. The SMILES string of the molecule is COc1ccc(OCC(=O)Nc2cccc(Br)c2)c(Br)c1. The predicted octanol–water partition coefficient (Wildman–Crippen LogP) is 4.24. The zero-order valence-electron chi connectivity index (χ0n) is 11.2. The molecule has 4 nitrogen and oxygen atoms in total. The first-order valence-corrected chi connectivity index (χ1v) is 7.69. The summed E-state index contributed by atoms with van der Waals surface area (Å²) in [6, 6.07) is 12.7. The number of hydrogen-bond acceptors (Lipinski definition) is 3. The van der Waals surface area contributed by atoms with Crippen LogP contribution in [-0.4, -0.2) is 19.6 Å². The van der Waals surface area contributed by atoms with Crippen molar-refractivity contribution in [1.82, 2.24) is 0 Å². The lowest BCUT2D eigenvalue weighted by Gasteiger charge is -2.10. The van der Waals surface area contributed by atoms with Crippen molar-refractivity contribution in [3.63, 3.8) is 0 Å². The third-order valence-corrected chi connectivity index (χ3v) is 3.72. The smallest absolute Gasteiger partial charge is 0.262 e. The summed E-state index contributed by atoms with van der Waals surface area (Å²) < 4.78 is 12.2. The highest BCUT2D eigenvalue weighted by Gasteiger charge is 2.07. The summed E-state index contributed by atoms with van der Waals surface area (Å²) in [5.74, 6) is 1.07. The molecule has 21 heavy (non-hydrogen) atoms. The number of methoxy groups -OCH3 is 1. The molecule has 0 saturated heterocycles. The van der Waals surface area contributed by atoms with E-state index in [2.05, 4.69) is 37.2 Å². The molecule has 1 amide bonds. The van der Waals surface area contributed by atoms with Crippen molar-refractivity contribution >= 4 is 43.5 Å². The molecule has 0 bridgehead atoms. The maximum atomic E-state index is 11.8. The van der Waals surface area contributed by atoms with Gasteiger partial charge < -0.3 is 14.8 Å². The van der Waals surface area contributed by atoms with E-state index in [1.165, 1.54) is 0 Å². The van der Waals surface area contributed by atoms with Crippen LogP contribution in [0.3, 0.4) is 0 Å². The van der Waals surface area contributed by atoms with Gasteiger partial charge in [-0.3, -0.25) is 4.79 Å². The van der Waals surface area contributed by atoms with Gasteiger partial charge in [0, 0.05) is 10.2 Å². The largest absolute Gasteiger partial charge is 0.497 e. The Balaban J connectivity index is 1.92. The summed E-state index contributed by atoms with van der Waals surface area (Å²) in [7, 11) is 1.59. The number of nitrogens with one attached hydrogen (secondary N) is 1. The van der Waals surface area contributed by atoms with Crippen LogP contribution in [0.2, 0.25) is 0 Å². The van der Waals surface area contributed by atoms with Crippen molar-refractivity contribution in [3.8, 4) is 11.5 Å². The molecule has 1 N–H and O–H groups in total. The average Bonchev–Trinajstić information content (AvgIpc) is 2.46. The molecule has 0 aromatic heterocycles. The van der Waals surface area contributed by atoms with Crippen LogP contribution in [0.15, 0.2) is 51.4 Å². The van der Waals surface area contributed by atoms with Crippen LogP contribution in [-0.2, 0) is 4.79 Å². The van der Waals surface area contributed by atoms with E-state index in [-0.39, 0.29) is 12.5 Å². The van der Waals surface area contributed by atoms with Crippen molar-refractivity contribution in [2.24, 2.45) is 0 Å². The van der Waals surface area contributed by atoms with Gasteiger partial charge in [0.05, 0.1) is 11.6 Å². The third kappa shape index (κ3) is 4.75. The first-order chi connectivity index (χ1) is 10.1. The van der Waals surface area contributed by atoms with Gasteiger partial charge >= 0.3 is 0 Å². The second kappa shape index (κ2) is 7.47. The molecule has 0 aliphatic heterocycles. The van der Waals surface area contributed by atoms with Crippen LogP contribution < -0.4 is 14.8 Å². The molecule has 0 heterocycles. The lowest BCUT2D eigenvalue weighted by atomic mass is 10.3. The zero-order chi connectivity index (χ0) is 15.2. The topological polar surface area (TPSA) is 47.6 Å². The van der Waals surface area contributed by atoms with Crippen molar-refractivity contribution in [3.05, 3.63) is 51.4 Å². The number of anilines is 1. The fourth-order valence-corrected chi connectivity index (χ4v) is 2.50. The predicted molar refractivity (Wildman–Crippen MR) is 89.0 cm³/mol. The van der Waals surface area contributed by atoms with Crippen LogP contribution in [0.1, 0.15) is 0 Å². The number of benzene rings is 2. The minimum Gasteiger partial charge on any atom is -0.497 e. The van der Waals surface area contributed by atoms with E-state index >= 15 is 0 Å². The van der Waals surface area contributed by atoms with Crippen molar-refractivity contribution in [1.29, 1.82) is 0 Å². The highest BCUT2D eigenvalue weighted by molar-refractivity contribution is 9.10.